The van der Waals surface area contributed by atoms with Crippen LogP contribution in [0.4, 0.5) is 14.5 Å². The normalized spacial score (nSPS) is 11.9. The zero-order chi connectivity index (χ0) is 16.3. The van der Waals surface area contributed by atoms with Gasteiger partial charge in [0.05, 0.1) is 10.2 Å². The molecule has 1 atom stereocenters. The van der Waals surface area contributed by atoms with Gasteiger partial charge >= 0.3 is 0 Å². The second kappa shape index (κ2) is 7.19. The lowest BCUT2D eigenvalue weighted by Gasteiger charge is -2.16. The highest BCUT2D eigenvalue weighted by molar-refractivity contribution is 9.11. The van der Waals surface area contributed by atoms with Crippen molar-refractivity contribution < 1.29 is 18.3 Å². The summed E-state index contributed by atoms with van der Waals surface area (Å²) in [6, 6.07) is 7.84. The number of benzene rings is 2. The van der Waals surface area contributed by atoms with E-state index in [1.165, 1.54) is 36.4 Å². The van der Waals surface area contributed by atoms with Crippen molar-refractivity contribution in [2.45, 2.75) is 13.0 Å². The number of rotatable bonds is 4. The standard InChI is InChI=1S/C15H11Br2F2NO2/c1-8(22-14-5-3-10(19)7-12(14)17)15(21)20-13-4-2-9(18)6-11(13)16/h2-8H,1H3,(H,20,21). The number of carbonyl (C=O) groups excluding carboxylic acids is 1. The number of nitrogens with one attached hydrogen (secondary N) is 1. The number of anilines is 1. The Labute approximate surface area is 142 Å². The van der Waals surface area contributed by atoms with Gasteiger partial charge in [0.2, 0.25) is 0 Å². The fourth-order valence-corrected chi connectivity index (χ4v) is 2.53. The first kappa shape index (κ1) is 16.9. The highest BCUT2D eigenvalue weighted by Gasteiger charge is 2.17. The molecule has 1 unspecified atom stereocenters. The number of hydrogen-bond acceptors (Lipinski definition) is 2. The Kier molecular flexibility index (Phi) is 5.52. The number of amides is 1. The molecule has 2 aromatic rings. The zero-order valence-electron chi connectivity index (χ0n) is 11.4. The average Bonchev–Trinajstić information content (AvgIpc) is 2.44. The van der Waals surface area contributed by atoms with Crippen LogP contribution in [-0.2, 0) is 4.79 Å². The van der Waals surface area contributed by atoms with Crippen LogP contribution < -0.4 is 10.1 Å². The van der Waals surface area contributed by atoms with Crippen LogP contribution in [-0.4, -0.2) is 12.0 Å². The summed E-state index contributed by atoms with van der Waals surface area (Å²) in [6.45, 7) is 1.56. The van der Waals surface area contributed by atoms with E-state index in [0.29, 0.717) is 20.4 Å². The van der Waals surface area contributed by atoms with Gasteiger partial charge in [0, 0.05) is 4.47 Å². The summed E-state index contributed by atoms with van der Waals surface area (Å²) in [6.07, 6.45) is -0.821. The average molecular weight is 435 g/mol. The van der Waals surface area contributed by atoms with Crippen LogP contribution in [0.25, 0.3) is 0 Å². The first-order chi connectivity index (χ1) is 10.4. The molecule has 0 saturated carbocycles. The Morgan fingerprint density at radius 3 is 2.27 bits per heavy atom. The fourth-order valence-electron chi connectivity index (χ4n) is 1.64. The van der Waals surface area contributed by atoms with Gasteiger partial charge in [-0.2, -0.15) is 0 Å². The second-order valence-corrected chi connectivity index (χ2v) is 6.16. The van der Waals surface area contributed by atoms with Crippen molar-refractivity contribution in [1.29, 1.82) is 0 Å². The van der Waals surface area contributed by atoms with Gasteiger partial charge < -0.3 is 10.1 Å². The third kappa shape index (κ3) is 4.27. The summed E-state index contributed by atoms with van der Waals surface area (Å²) in [5, 5.41) is 2.62. The van der Waals surface area contributed by atoms with Gasteiger partial charge in [-0.25, -0.2) is 8.78 Å². The molecule has 116 valence electrons. The summed E-state index contributed by atoms with van der Waals surface area (Å²) in [5.74, 6) is -0.887. The quantitative estimate of drug-likeness (QED) is 0.743. The molecule has 1 amide bonds. The smallest absolute Gasteiger partial charge is 0.265 e. The maximum Gasteiger partial charge on any atom is 0.265 e. The molecule has 2 rings (SSSR count). The predicted molar refractivity (Wildman–Crippen MR) is 86.9 cm³/mol. The lowest BCUT2D eigenvalue weighted by molar-refractivity contribution is -0.122. The van der Waals surface area contributed by atoms with E-state index in [-0.39, 0.29) is 0 Å². The van der Waals surface area contributed by atoms with Crippen molar-refractivity contribution in [3.8, 4) is 5.75 Å². The Hall–Kier alpha value is -1.47. The monoisotopic (exact) mass is 433 g/mol. The minimum Gasteiger partial charge on any atom is -0.480 e. The van der Waals surface area contributed by atoms with Crippen LogP contribution in [0, 0.1) is 11.6 Å². The lowest BCUT2D eigenvalue weighted by atomic mass is 10.3. The van der Waals surface area contributed by atoms with Gasteiger partial charge in [-0.05, 0) is 75.2 Å². The Bertz CT molecular complexity index is 710. The second-order valence-electron chi connectivity index (χ2n) is 4.45. The topological polar surface area (TPSA) is 38.3 Å². The number of carbonyl (C=O) groups is 1. The molecule has 2 aromatic carbocycles. The van der Waals surface area contributed by atoms with Crippen LogP contribution in [0.2, 0.25) is 0 Å². The van der Waals surface area contributed by atoms with Crippen LogP contribution in [0.1, 0.15) is 6.92 Å². The van der Waals surface area contributed by atoms with Gasteiger partial charge in [-0.15, -0.1) is 0 Å². The molecule has 0 bridgehead atoms. The molecule has 0 radical (unpaired) electrons. The minimum atomic E-state index is -0.821. The number of hydrogen-bond donors (Lipinski definition) is 1. The molecule has 0 spiro atoms. The molecule has 0 fully saturated rings. The highest BCUT2D eigenvalue weighted by Crippen LogP contribution is 2.27. The van der Waals surface area contributed by atoms with Gasteiger partial charge in [-0.3, -0.25) is 4.79 Å². The van der Waals surface area contributed by atoms with E-state index in [4.69, 9.17) is 4.74 Å². The van der Waals surface area contributed by atoms with Crippen molar-refractivity contribution in [3.05, 3.63) is 57.0 Å². The molecule has 0 heterocycles. The van der Waals surface area contributed by atoms with Gasteiger partial charge in [0.1, 0.15) is 17.4 Å². The van der Waals surface area contributed by atoms with Gasteiger partial charge in [0.15, 0.2) is 6.10 Å². The fraction of sp³-hybridized carbons (Fsp3) is 0.133. The molecule has 7 heteroatoms. The Balaban J connectivity index is 2.05. The summed E-state index contributed by atoms with van der Waals surface area (Å²) < 4.78 is 32.3. The van der Waals surface area contributed by atoms with E-state index in [9.17, 15) is 13.6 Å². The summed E-state index contributed by atoms with van der Waals surface area (Å²) >= 11 is 6.33. The lowest BCUT2D eigenvalue weighted by Crippen LogP contribution is -2.30. The molecule has 22 heavy (non-hydrogen) atoms. The van der Waals surface area contributed by atoms with E-state index in [1.807, 2.05) is 0 Å². The first-order valence-corrected chi connectivity index (χ1v) is 7.83. The van der Waals surface area contributed by atoms with E-state index in [1.54, 1.807) is 6.92 Å². The van der Waals surface area contributed by atoms with Crippen LogP contribution in [0.5, 0.6) is 5.75 Å². The van der Waals surface area contributed by atoms with Crippen LogP contribution >= 0.6 is 31.9 Å². The van der Waals surface area contributed by atoms with Crippen molar-refractivity contribution in [1.82, 2.24) is 0 Å². The number of halogens is 4. The van der Waals surface area contributed by atoms with Crippen molar-refractivity contribution in [2.24, 2.45) is 0 Å². The van der Waals surface area contributed by atoms with E-state index in [0.717, 1.165) is 0 Å². The maximum atomic E-state index is 13.0. The third-order valence-electron chi connectivity index (χ3n) is 2.76. The summed E-state index contributed by atoms with van der Waals surface area (Å²) in [4.78, 5) is 12.1. The molecule has 3 nitrogen and oxygen atoms in total. The first-order valence-electron chi connectivity index (χ1n) is 6.24. The zero-order valence-corrected chi connectivity index (χ0v) is 14.5. The minimum absolute atomic E-state index is 0.349. The molecule has 0 aromatic heterocycles. The molecule has 0 aliphatic rings. The molecular weight excluding hydrogens is 424 g/mol. The largest absolute Gasteiger partial charge is 0.480 e. The van der Waals surface area contributed by atoms with Crippen LogP contribution in [0.15, 0.2) is 45.3 Å². The Morgan fingerprint density at radius 1 is 1.09 bits per heavy atom. The van der Waals surface area contributed by atoms with E-state index in [2.05, 4.69) is 37.2 Å². The molecular formula is C15H11Br2F2NO2. The van der Waals surface area contributed by atoms with E-state index >= 15 is 0 Å². The molecule has 0 saturated heterocycles. The molecule has 0 aliphatic carbocycles. The van der Waals surface area contributed by atoms with E-state index < -0.39 is 23.6 Å². The van der Waals surface area contributed by atoms with Gasteiger partial charge in [-0.1, -0.05) is 0 Å². The van der Waals surface area contributed by atoms with Crippen LogP contribution in [0.3, 0.4) is 0 Å². The van der Waals surface area contributed by atoms with Crippen molar-refractivity contribution in [2.75, 3.05) is 5.32 Å². The summed E-state index contributed by atoms with van der Waals surface area (Å²) in [7, 11) is 0. The molecule has 1 N–H and O–H groups in total. The number of ether oxygens (including phenoxy) is 1. The SMILES string of the molecule is CC(Oc1ccc(F)cc1Br)C(=O)Nc1ccc(F)cc1Br. The highest BCUT2D eigenvalue weighted by atomic mass is 79.9. The Morgan fingerprint density at radius 2 is 1.68 bits per heavy atom. The maximum absolute atomic E-state index is 13.0. The van der Waals surface area contributed by atoms with Crippen molar-refractivity contribution in [3.63, 3.8) is 0 Å². The third-order valence-corrected chi connectivity index (χ3v) is 4.03. The molecule has 0 aliphatic heterocycles. The van der Waals surface area contributed by atoms with Crippen molar-refractivity contribution >= 4 is 43.5 Å². The predicted octanol–water partition coefficient (Wildman–Crippen LogP) is 4.90. The summed E-state index contributed by atoms with van der Waals surface area (Å²) in [5.41, 5.74) is 0.431. The van der Waals surface area contributed by atoms with Gasteiger partial charge in [0.25, 0.3) is 5.91 Å².